The summed E-state index contributed by atoms with van der Waals surface area (Å²) in [5.74, 6) is 1.08. The van der Waals surface area contributed by atoms with E-state index in [-0.39, 0.29) is 0 Å². The van der Waals surface area contributed by atoms with E-state index in [1.54, 1.807) is 0 Å². The van der Waals surface area contributed by atoms with Gasteiger partial charge < -0.3 is 24.8 Å². The number of nitrogens with zero attached hydrogens (tertiary/aromatic N) is 4. The molecule has 6 nitrogen and oxygen atoms in total. The Morgan fingerprint density at radius 3 is 2.88 bits per heavy atom. The molecule has 1 atom stereocenters. The van der Waals surface area contributed by atoms with Gasteiger partial charge in [-0.15, -0.1) is 0 Å². The van der Waals surface area contributed by atoms with Crippen molar-refractivity contribution in [2.45, 2.75) is 25.7 Å². The van der Waals surface area contributed by atoms with Gasteiger partial charge in [0.1, 0.15) is 0 Å². The van der Waals surface area contributed by atoms with Crippen LogP contribution in [0.4, 0.5) is 0 Å². The van der Waals surface area contributed by atoms with E-state index < -0.39 is 0 Å². The molecule has 0 aromatic carbocycles. The van der Waals surface area contributed by atoms with Gasteiger partial charge in [0.25, 0.3) is 0 Å². The molecule has 0 amide bonds. The highest BCUT2D eigenvalue weighted by Gasteiger charge is 2.42. The number of guanidine groups is 1. The third-order valence-corrected chi connectivity index (χ3v) is 5.88. The van der Waals surface area contributed by atoms with Crippen molar-refractivity contribution in [2.75, 3.05) is 79.7 Å². The van der Waals surface area contributed by atoms with Crippen LogP contribution in [0.15, 0.2) is 4.99 Å². The topological polar surface area (TPSA) is 43.3 Å². The van der Waals surface area contributed by atoms with Crippen LogP contribution >= 0.6 is 0 Å². The highest BCUT2D eigenvalue weighted by atomic mass is 16.5. The standard InChI is InChI=1S/C18H35N5O/c1-19-17(23-11-5-18(15-23)6-14-24-16-18)20-7-3-9-22-10-4-8-21(2)12-13-22/h3-16H2,1-2H3,(H,19,20). The van der Waals surface area contributed by atoms with Crippen molar-refractivity contribution in [1.29, 1.82) is 0 Å². The summed E-state index contributed by atoms with van der Waals surface area (Å²) in [5, 5.41) is 3.58. The first kappa shape index (κ1) is 18.0. The fraction of sp³-hybridized carbons (Fsp3) is 0.944. The predicted octanol–water partition coefficient (Wildman–Crippen LogP) is 0.702. The average molecular weight is 338 g/mol. The molecule has 1 unspecified atom stereocenters. The first-order valence-corrected chi connectivity index (χ1v) is 9.65. The molecule has 3 rings (SSSR count). The Labute approximate surface area is 147 Å². The Balaban J connectivity index is 1.36. The number of hydrogen-bond acceptors (Lipinski definition) is 4. The summed E-state index contributed by atoms with van der Waals surface area (Å²) in [4.78, 5) is 12.0. The lowest BCUT2D eigenvalue weighted by Crippen LogP contribution is -2.42. The molecule has 3 saturated heterocycles. The zero-order valence-corrected chi connectivity index (χ0v) is 15.6. The van der Waals surface area contributed by atoms with Crippen LogP contribution in [0, 0.1) is 5.41 Å². The van der Waals surface area contributed by atoms with Crippen molar-refractivity contribution in [3.8, 4) is 0 Å². The molecule has 3 fully saturated rings. The van der Waals surface area contributed by atoms with Crippen LogP contribution in [-0.4, -0.2) is 100 Å². The van der Waals surface area contributed by atoms with Crippen molar-refractivity contribution < 1.29 is 4.74 Å². The zero-order valence-electron chi connectivity index (χ0n) is 15.6. The fourth-order valence-electron chi connectivity index (χ4n) is 4.25. The lowest BCUT2D eigenvalue weighted by atomic mass is 9.87. The number of likely N-dealkylation sites (tertiary alicyclic amines) is 1. The highest BCUT2D eigenvalue weighted by Crippen LogP contribution is 2.38. The van der Waals surface area contributed by atoms with Crippen molar-refractivity contribution >= 4 is 5.96 Å². The first-order valence-electron chi connectivity index (χ1n) is 9.65. The molecule has 0 bridgehead atoms. The molecule has 0 aromatic rings. The van der Waals surface area contributed by atoms with Crippen molar-refractivity contribution in [3.63, 3.8) is 0 Å². The molecule has 1 spiro atoms. The van der Waals surface area contributed by atoms with E-state index >= 15 is 0 Å². The van der Waals surface area contributed by atoms with Crippen LogP contribution < -0.4 is 5.32 Å². The number of hydrogen-bond donors (Lipinski definition) is 1. The summed E-state index contributed by atoms with van der Waals surface area (Å²) in [5.41, 5.74) is 0.399. The lowest BCUT2D eigenvalue weighted by Gasteiger charge is -2.25. The van der Waals surface area contributed by atoms with Gasteiger partial charge in [0.2, 0.25) is 0 Å². The normalized spacial score (nSPS) is 30.2. The van der Waals surface area contributed by atoms with E-state index in [2.05, 4.69) is 32.1 Å². The second kappa shape index (κ2) is 8.50. The number of aliphatic imine (C=N–C) groups is 1. The summed E-state index contributed by atoms with van der Waals surface area (Å²) in [7, 11) is 4.14. The fourth-order valence-corrected chi connectivity index (χ4v) is 4.25. The molecule has 3 aliphatic heterocycles. The first-order chi connectivity index (χ1) is 11.7. The maximum absolute atomic E-state index is 5.63. The van der Waals surface area contributed by atoms with Crippen LogP contribution in [-0.2, 0) is 4.74 Å². The molecule has 6 heteroatoms. The summed E-state index contributed by atoms with van der Waals surface area (Å²) in [6.45, 7) is 11.2. The summed E-state index contributed by atoms with van der Waals surface area (Å²) >= 11 is 0. The van der Waals surface area contributed by atoms with E-state index in [0.29, 0.717) is 5.41 Å². The van der Waals surface area contributed by atoms with Gasteiger partial charge in [0.15, 0.2) is 5.96 Å². The van der Waals surface area contributed by atoms with Crippen molar-refractivity contribution in [1.82, 2.24) is 20.0 Å². The molecule has 0 radical (unpaired) electrons. The maximum Gasteiger partial charge on any atom is 0.193 e. The third-order valence-electron chi connectivity index (χ3n) is 5.88. The van der Waals surface area contributed by atoms with Gasteiger partial charge in [0, 0.05) is 51.8 Å². The van der Waals surface area contributed by atoms with Crippen LogP contribution in [0.3, 0.4) is 0 Å². The molecular weight excluding hydrogens is 302 g/mol. The Morgan fingerprint density at radius 2 is 2.08 bits per heavy atom. The van der Waals surface area contributed by atoms with E-state index in [4.69, 9.17) is 4.74 Å². The van der Waals surface area contributed by atoms with Crippen LogP contribution in [0.2, 0.25) is 0 Å². The minimum absolute atomic E-state index is 0.399. The SMILES string of the molecule is CN=C(NCCCN1CCCN(C)CC1)N1CCC2(CCOC2)C1. The summed E-state index contributed by atoms with van der Waals surface area (Å²) in [6, 6.07) is 0. The van der Waals surface area contributed by atoms with Gasteiger partial charge in [-0.05, 0) is 52.4 Å². The van der Waals surface area contributed by atoms with Crippen LogP contribution in [0.25, 0.3) is 0 Å². The smallest absolute Gasteiger partial charge is 0.193 e. The van der Waals surface area contributed by atoms with E-state index in [0.717, 1.165) is 38.8 Å². The number of nitrogens with one attached hydrogen (secondary N) is 1. The molecule has 1 N–H and O–H groups in total. The maximum atomic E-state index is 5.63. The highest BCUT2D eigenvalue weighted by molar-refractivity contribution is 5.80. The molecule has 0 saturated carbocycles. The van der Waals surface area contributed by atoms with Crippen molar-refractivity contribution in [2.24, 2.45) is 10.4 Å². The van der Waals surface area contributed by atoms with E-state index in [1.807, 2.05) is 7.05 Å². The Bertz CT molecular complexity index is 422. The third kappa shape index (κ3) is 4.61. The molecule has 138 valence electrons. The monoisotopic (exact) mass is 337 g/mol. The average Bonchev–Trinajstić information content (AvgIpc) is 3.16. The Morgan fingerprint density at radius 1 is 1.17 bits per heavy atom. The van der Waals surface area contributed by atoms with Crippen LogP contribution in [0.5, 0.6) is 0 Å². The van der Waals surface area contributed by atoms with Gasteiger partial charge >= 0.3 is 0 Å². The van der Waals surface area contributed by atoms with Gasteiger partial charge in [-0.25, -0.2) is 0 Å². The van der Waals surface area contributed by atoms with Gasteiger partial charge in [-0.3, -0.25) is 4.99 Å². The molecule has 0 aliphatic carbocycles. The molecule has 0 aromatic heterocycles. The minimum Gasteiger partial charge on any atom is -0.381 e. The second-order valence-electron chi connectivity index (χ2n) is 7.80. The second-order valence-corrected chi connectivity index (χ2v) is 7.80. The predicted molar refractivity (Wildman–Crippen MR) is 98.6 cm³/mol. The van der Waals surface area contributed by atoms with Gasteiger partial charge in [0.05, 0.1) is 6.61 Å². The number of rotatable bonds is 4. The molecular formula is C18H35N5O. The van der Waals surface area contributed by atoms with Gasteiger partial charge in [-0.2, -0.15) is 0 Å². The molecule has 3 heterocycles. The number of ether oxygens (including phenoxy) is 1. The molecule has 24 heavy (non-hydrogen) atoms. The minimum atomic E-state index is 0.399. The van der Waals surface area contributed by atoms with Crippen molar-refractivity contribution in [3.05, 3.63) is 0 Å². The lowest BCUT2D eigenvalue weighted by molar-refractivity contribution is 0.156. The van der Waals surface area contributed by atoms with Gasteiger partial charge in [-0.1, -0.05) is 0 Å². The largest absolute Gasteiger partial charge is 0.381 e. The quantitative estimate of drug-likeness (QED) is 0.465. The number of likely N-dealkylation sites (N-methyl/N-ethyl adjacent to an activating group) is 1. The Kier molecular flexibility index (Phi) is 6.36. The van der Waals surface area contributed by atoms with Crippen LogP contribution in [0.1, 0.15) is 25.7 Å². The zero-order chi connectivity index (χ0) is 16.8. The van der Waals surface area contributed by atoms with E-state index in [1.165, 1.54) is 58.4 Å². The molecule has 3 aliphatic rings. The Hall–Kier alpha value is -0.850. The summed E-state index contributed by atoms with van der Waals surface area (Å²) < 4.78 is 5.63. The summed E-state index contributed by atoms with van der Waals surface area (Å²) in [6.07, 6.45) is 4.94. The van der Waals surface area contributed by atoms with E-state index in [9.17, 15) is 0 Å².